The molecular formula is C29H31F3N2O. The molecule has 1 heterocycles. The number of carbonyl (C=O) groups is 1. The van der Waals surface area contributed by atoms with Gasteiger partial charge in [-0.2, -0.15) is 13.2 Å². The average Bonchev–Trinajstić information content (AvgIpc) is 2.87. The number of nitrogens with zero attached hydrogens (tertiary/aromatic N) is 1. The van der Waals surface area contributed by atoms with Gasteiger partial charge in [-0.25, -0.2) is 0 Å². The van der Waals surface area contributed by atoms with Gasteiger partial charge in [0.15, 0.2) is 0 Å². The number of benzene rings is 3. The predicted octanol–water partition coefficient (Wildman–Crippen LogP) is 5.93. The van der Waals surface area contributed by atoms with Gasteiger partial charge in [0, 0.05) is 17.5 Å². The van der Waals surface area contributed by atoms with Crippen LogP contribution in [0.5, 0.6) is 0 Å². The molecule has 0 bridgehead atoms. The fourth-order valence-electron chi connectivity index (χ4n) is 5.08. The molecule has 4 rings (SSSR count). The number of nitrogens with one attached hydrogen (secondary N) is 1. The Morgan fingerprint density at radius 3 is 2.09 bits per heavy atom. The smallest absolute Gasteiger partial charge is 0.351 e. The van der Waals surface area contributed by atoms with E-state index in [1.54, 1.807) is 35.2 Å². The van der Waals surface area contributed by atoms with Crippen molar-refractivity contribution < 1.29 is 18.0 Å². The van der Waals surface area contributed by atoms with Crippen LogP contribution in [0.15, 0.2) is 84.9 Å². The molecule has 1 aliphatic heterocycles. The van der Waals surface area contributed by atoms with Gasteiger partial charge in [-0.3, -0.25) is 9.69 Å². The molecule has 0 radical (unpaired) electrons. The summed E-state index contributed by atoms with van der Waals surface area (Å²) >= 11 is 0. The van der Waals surface area contributed by atoms with Crippen molar-refractivity contribution in [3.63, 3.8) is 0 Å². The van der Waals surface area contributed by atoms with Crippen molar-refractivity contribution in [3.8, 4) is 0 Å². The van der Waals surface area contributed by atoms with E-state index in [4.69, 9.17) is 0 Å². The fourth-order valence-corrected chi connectivity index (χ4v) is 5.08. The van der Waals surface area contributed by atoms with Crippen molar-refractivity contribution >= 4 is 5.91 Å². The highest BCUT2D eigenvalue weighted by Crippen LogP contribution is 2.38. The molecule has 0 saturated carbocycles. The molecule has 0 spiro atoms. The molecule has 1 N–H and O–H groups in total. The second-order valence-electron chi connectivity index (χ2n) is 9.43. The van der Waals surface area contributed by atoms with Crippen LogP contribution in [0.3, 0.4) is 0 Å². The zero-order chi connectivity index (χ0) is 24.9. The highest BCUT2D eigenvalue weighted by molar-refractivity contribution is 5.95. The van der Waals surface area contributed by atoms with Crippen molar-refractivity contribution in [2.45, 2.75) is 43.8 Å². The summed E-state index contributed by atoms with van der Waals surface area (Å²) in [4.78, 5) is 14.5. The quantitative estimate of drug-likeness (QED) is 0.455. The van der Waals surface area contributed by atoms with Crippen molar-refractivity contribution in [2.75, 3.05) is 19.6 Å². The van der Waals surface area contributed by atoms with Gasteiger partial charge in [0.05, 0.1) is 0 Å². The zero-order valence-corrected chi connectivity index (χ0v) is 19.9. The van der Waals surface area contributed by atoms with E-state index in [2.05, 4.69) is 5.32 Å². The highest BCUT2D eigenvalue weighted by Gasteiger charge is 2.46. The zero-order valence-electron chi connectivity index (χ0n) is 19.9. The van der Waals surface area contributed by atoms with Crippen molar-refractivity contribution in [2.24, 2.45) is 0 Å². The maximum Gasteiger partial charge on any atom is 0.404 e. The summed E-state index contributed by atoms with van der Waals surface area (Å²) in [5.74, 6) is -0.155. The number of halogens is 3. The summed E-state index contributed by atoms with van der Waals surface area (Å²) in [5, 5.41) is 3.08. The molecule has 0 aromatic heterocycles. The third-order valence-corrected chi connectivity index (χ3v) is 7.21. The molecule has 1 unspecified atom stereocenters. The Morgan fingerprint density at radius 2 is 1.49 bits per heavy atom. The maximum atomic E-state index is 14.1. The summed E-state index contributed by atoms with van der Waals surface area (Å²) in [6, 6.07) is 24.6. The van der Waals surface area contributed by atoms with Gasteiger partial charge in [-0.15, -0.1) is 0 Å². The van der Waals surface area contributed by atoms with Gasteiger partial charge in [-0.1, -0.05) is 78.9 Å². The highest BCUT2D eigenvalue weighted by atomic mass is 19.4. The minimum absolute atomic E-state index is 0.0628. The van der Waals surface area contributed by atoms with E-state index in [1.807, 2.05) is 61.5 Å². The van der Waals surface area contributed by atoms with Crippen LogP contribution < -0.4 is 5.32 Å². The lowest BCUT2D eigenvalue weighted by molar-refractivity contribution is -0.187. The lowest BCUT2D eigenvalue weighted by Crippen LogP contribution is -2.55. The molecule has 0 aliphatic carbocycles. The number of aryl methyl sites for hydroxylation is 1. The summed E-state index contributed by atoms with van der Waals surface area (Å²) in [6.45, 7) is 2.90. The van der Waals surface area contributed by atoms with Crippen LogP contribution in [0, 0.1) is 6.92 Å². The number of likely N-dealkylation sites (tertiary alicyclic amines) is 1. The van der Waals surface area contributed by atoms with Crippen molar-refractivity contribution in [1.82, 2.24) is 10.2 Å². The Balaban J connectivity index is 1.52. The summed E-state index contributed by atoms with van der Waals surface area (Å²) in [5.41, 5.74) is 2.83. The SMILES string of the molecule is Cc1ccccc1C(=O)NCC1(c2ccccc2)CCN(C(Cc2ccccc2)C(F)(F)F)CC1. The Morgan fingerprint density at radius 1 is 0.914 bits per heavy atom. The van der Waals surface area contributed by atoms with Gasteiger partial charge in [0.1, 0.15) is 6.04 Å². The third-order valence-electron chi connectivity index (χ3n) is 7.21. The first-order chi connectivity index (χ1) is 16.8. The molecule has 3 nitrogen and oxygen atoms in total. The topological polar surface area (TPSA) is 32.3 Å². The molecule has 6 heteroatoms. The number of hydrogen-bond acceptors (Lipinski definition) is 2. The van der Waals surface area contributed by atoms with Gasteiger partial charge < -0.3 is 5.32 Å². The first-order valence-electron chi connectivity index (χ1n) is 12.0. The first-order valence-corrected chi connectivity index (χ1v) is 12.0. The first kappa shape index (κ1) is 25.0. The van der Waals surface area contributed by atoms with E-state index < -0.39 is 17.6 Å². The average molecular weight is 481 g/mol. The molecule has 35 heavy (non-hydrogen) atoms. The van der Waals surface area contributed by atoms with Gasteiger partial charge in [0.2, 0.25) is 0 Å². The second kappa shape index (κ2) is 10.6. The number of hydrogen-bond donors (Lipinski definition) is 1. The van der Waals surface area contributed by atoms with Crippen LogP contribution in [0.4, 0.5) is 13.2 Å². The normalized spacial score (nSPS) is 17.0. The van der Waals surface area contributed by atoms with Gasteiger partial charge in [-0.05, 0) is 62.0 Å². The van der Waals surface area contributed by atoms with Crippen molar-refractivity contribution in [3.05, 3.63) is 107 Å². The van der Waals surface area contributed by atoms with Crippen LogP contribution in [0.2, 0.25) is 0 Å². The number of rotatable bonds is 7. The lowest BCUT2D eigenvalue weighted by atomic mass is 9.72. The lowest BCUT2D eigenvalue weighted by Gasteiger charge is -2.45. The van der Waals surface area contributed by atoms with Gasteiger partial charge >= 0.3 is 6.18 Å². The number of piperidine rings is 1. The second-order valence-corrected chi connectivity index (χ2v) is 9.43. The molecule has 1 aliphatic rings. The minimum Gasteiger partial charge on any atom is -0.351 e. The van der Waals surface area contributed by atoms with E-state index in [0.29, 0.717) is 43.6 Å². The summed E-state index contributed by atoms with van der Waals surface area (Å²) in [7, 11) is 0. The number of amides is 1. The Hall–Kier alpha value is -3.12. The van der Waals surface area contributed by atoms with E-state index in [1.165, 1.54) is 0 Å². The summed E-state index contributed by atoms with van der Waals surface area (Å²) < 4.78 is 42.3. The van der Waals surface area contributed by atoms with Crippen LogP contribution in [0.25, 0.3) is 0 Å². The van der Waals surface area contributed by atoms with E-state index in [0.717, 1.165) is 11.1 Å². The predicted molar refractivity (Wildman–Crippen MR) is 132 cm³/mol. The van der Waals surface area contributed by atoms with E-state index in [9.17, 15) is 18.0 Å². The number of alkyl halides is 3. The minimum atomic E-state index is -4.32. The van der Waals surface area contributed by atoms with Gasteiger partial charge in [0.25, 0.3) is 5.91 Å². The molecule has 1 amide bonds. The largest absolute Gasteiger partial charge is 0.404 e. The Kier molecular flexibility index (Phi) is 7.60. The van der Waals surface area contributed by atoms with Crippen LogP contribution in [0.1, 0.15) is 39.9 Å². The van der Waals surface area contributed by atoms with E-state index in [-0.39, 0.29) is 12.3 Å². The number of carbonyl (C=O) groups excluding carboxylic acids is 1. The van der Waals surface area contributed by atoms with E-state index >= 15 is 0 Å². The van der Waals surface area contributed by atoms with Crippen molar-refractivity contribution in [1.29, 1.82) is 0 Å². The Labute approximate surface area is 205 Å². The Bertz CT molecular complexity index is 1110. The molecular weight excluding hydrogens is 449 g/mol. The molecule has 1 atom stereocenters. The van der Waals surface area contributed by atoms with Crippen LogP contribution in [-0.4, -0.2) is 42.7 Å². The molecule has 3 aromatic rings. The molecule has 1 fully saturated rings. The van der Waals surface area contributed by atoms with Crippen LogP contribution in [-0.2, 0) is 11.8 Å². The van der Waals surface area contributed by atoms with Crippen LogP contribution >= 0.6 is 0 Å². The maximum absolute atomic E-state index is 14.1. The molecule has 3 aromatic carbocycles. The monoisotopic (exact) mass is 480 g/mol. The standard InChI is InChI=1S/C29H31F3N2O/c1-22-10-8-9-15-25(22)27(35)33-21-28(24-13-6-3-7-14-24)16-18-34(19-17-28)26(29(30,31)32)20-23-11-4-2-5-12-23/h2-15,26H,16-21H2,1H3,(H,33,35). The molecule has 1 saturated heterocycles. The summed E-state index contributed by atoms with van der Waals surface area (Å²) in [6.07, 6.45) is -3.31. The third kappa shape index (κ3) is 5.93. The fraction of sp³-hybridized carbons (Fsp3) is 0.345. The molecule has 184 valence electrons.